The molecule has 0 aromatic heterocycles. The molecule has 0 aliphatic heterocycles. The normalized spacial score (nSPS) is 14.5. The second kappa shape index (κ2) is 72.9. The molecule has 612 valence electrons. The summed E-state index contributed by atoms with van der Waals surface area (Å²) < 4.78 is 68.8. The minimum atomic E-state index is -4.97. The molecule has 17 nitrogen and oxygen atoms in total. The average molecular weight is 1510 g/mol. The molecule has 3 N–H and O–H groups in total. The molecular weight excluding hydrogens is 1340 g/mol. The third-order valence-corrected chi connectivity index (χ3v) is 22.2. The molecule has 0 saturated carbocycles. The number of phosphoric ester groups is 2. The number of carbonyl (C=O) groups is 4. The van der Waals surface area contributed by atoms with Gasteiger partial charge in [-0.2, -0.15) is 0 Å². The first-order valence-corrected chi connectivity index (χ1v) is 46.3. The van der Waals surface area contributed by atoms with Crippen LogP contribution >= 0.6 is 15.6 Å². The summed E-state index contributed by atoms with van der Waals surface area (Å²) in [6.07, 6.45) is 61.0. The van der Waals surface area contributed by atoms with Crippen molar-refractivity contribution >= 4 is 39.5 Å². The number of aliphatic hydroxyl groups is 1. The highest BCUT2D eigenvalue weighted by Gasteiger charge is 2.30. The van der Waals surface area contributed by atoms with E-state index in [9.17, 15) is 43.2 Å². The molecule has 0 aliphatic rings. The van der Waals surface area contributed by atoms with Crippen molar-refractivity contribution in [1.82, 2.24) is 0 Å². The maximum Gasteiger partial charge on any atom is 0.472 e. The van der Waals surface area contributed by atoms with Gasteiger partial charge in [0.15, 0.2) is 12.2 Å². The van der Waals surface area contributed by atoms with Crippen LogP contribution in [0.15, 0.2) is 0 Å². The molecule has 0 aromatic carbocycles. The van der Waals surface area contributed by atoms with E-state index < -0.39 is 97.5 Å². The Morgan fingerprint density at radius 2 is 0.466 bits per heavy atom. The summed E-state index contributed by atoms with van der Waals surface area (Å²) in [5, 5.41) is 10.7. The van der Waals surface area contributed by atoms with Crippen molar-refractivity contribution in [3.05, 3.63) is 0 Å². The molecule has 4 unspecified atom stereocenters. The first kappa shape index (κ1) is 101. The SMILES string of the molecule is CCC(C)CCCCCCCCCCCCCCCCC(=O)O[C@H](COC(=O)CCCCCCCCCCCCCCCCCCC(C)C)COP(=O)(O)OC[C@@H](O)COP(=O)(O)OC[C@@H](COC(=O)CCCCCCCCC(C)CC)OC(=O)CCCCCCCCCCCCCCCC(C)C. The van der Waals surface area contributed by atoms with Crippen LogP contribution in [0.25, 0.3) is 0 Å². The van der Waals surface area contributed by atoms with Crippen LogP contribution in [0.1, 0.15) is 434 Å². The van der Waals surface area contributed by atoms with Gasteiger partial charge in [-0.05, 0) is 49.4 Å². The minimum Gasteiger partial charge on any atom is -0.462 e. The number of phosphoric acid groups is 2. The van der Waals surface area contributed by atoms with Crippen LogP contribution in [0.5, 0.6) is 0 Å². The number of rotatable bonds is 81. The van der Waals surface area contributed by atoms with E-state index in [2.05, 4.69) is 55.4 Å². The summed E-state index contributed by atoms with van der Waals surface area (Å²) in [6, 6.07) is 0. The number of hydrogen-bond donors (Lipinski definition) is 3. The zero-order chi connectivity index (χ0) is 76.0. The highest BCUT2D eigenvalue weighted by molar-refractivity contribution is 7.47. The van der Waals surface area contributed by atoms with Crippen LogP contribution in [-0.2, 0) is 65.4 Å². The minimum absolute atomic E-state index is 0.106. The predicted molar refractivity (Wildman–Crippen MR) is 423 cm³/mol. The molecule has 0 amide bonds. The van der Waals surface area contributed by atoms with E-state index in [1.807, 2.05) is 0 Å². The summed E-state index contributed by atoms with van der Waals surface area (Å²) in [4.78, 5) is 73.2. The Morgan fingerprint density at radius 1 is 0.272 bits per heavy atom. The van der Waals surface area contributed by atoms with E-state index in [0.29, 0.717) is 25.7 Å². The van der Waals surface area contributed by atoms with E-state index in [-0.39, 0.29) is 25.7 Å². The number of esters is 4. The fraction of sp³-hybridized carbons (Fsp3) is 0.952. The molecule has 0 rings (SSSR count). The molecule has 0 heterocycles. The number of ether oxygens (including phenoxy) is 4. The van der Waals surface area contributed by atoms with Gasteiger partial charge < -0.3 is 33.8 Å². The standard InChI is InChI=1S/C84H164O17P2/c1-9-76(7)62-54-46-38-32-26-20-15-16-22-28-34-40-50-58-66-83(88)100-79(70-94-81(86)64-56-48-39-33-27-21-14-12-11-13-18-24-30-36-44-52-60-74(3)4)72-98-102(90,91)96-68-78(85)69-97-103(92,93)99-73-80(71-95-82(87)65-57-49-43-42-47-55-63-77(8)10-2)101-84(89)67-59-51-41-35-29-23-17-19-25-31-37-45-53-61-75(5)6/h74-80,85H,9-73H2,1-8H3,(H,90,91)(H,92,93)/t76?,77?,78-,79-,80-/m1/s1. The zero-order valence-corrected chi connectivity index (χ0v) is 69.7. The average Bonchev–Trinajstić information content (AvgIpc) is 0.911. The van der Waals surface area contributed by atoms with Gasteiger partial charge in [-0.25, -0.2) is 9.13 Å². The molecule has 0 saturated heterocycles. The zero-order valence-electron chi connectivity index (χ0n) is 68.0. The molecule has 0 spiro atoms. The second-order valence-electron chi connectivity index (χ2n) is 31.7. The largest absolute Gasteiger partial charge is 0.472 e. The first-order chi connectivity index (χ1) is 49.7. The van der Waals surface area contributed by atoms with Gasteiger partial charge >= 0.3 is 39.5 Å². The van der Waals surface area contributed by atoms with Gasteiger partial charge in [-0.3, -0.25) is 37.3 Å². The lowest BCUT2D eigenvalue weighted by molar-refractivity contribution is -0.161. The quantitative estimate of drug-likeness (QED) is 0.0222. The Kier molecular flexibility index (Phi) is 71.5. The maximum absolute atomic E-state index is 13.1. The molecule has 19 heteroatoms. The Balaban J connectivity index is 5.25. The van der Waals surface area contributed by atoms with Gasteiger partial charge in [0.1, 0.15) is 19.3 Å². The fourth-order valence-electron chi connectivity index (χ4n) is 12.9. The van der Waals surface area contributed by atoms with Crippen molar-refractivity contribution in [2.75, 3.05) is 39.6 Å². The van der Waals surface area contributed by atoms with E-state index in [4.69, 9.17) is 37.0 Å². The Morgan fingerprint density at radius 3 is 0.689 bits per heavy atom. The Hall–Kier alpha value is -1.94. The van der Waals surface area contributed by atoms with Crippen LogP contribution < -0.4 is 0 Å². The molecular formula is C84H164O17P2. The van der Waals surface area contributed by atoms with Crippen molar-refractivity contribution in [2.45, 2.75) is 453 Å². The monoisotopic (exact) mass is 1510 g/mol. The highest BCUT2D eigenvalue weighted by atomic mass is 31.2. The molecule has 0 aliphatic carbocycles. The van der Waals surface area contributed by atoms with Crippen molar-refractivity contribution in [3.63, 3.8) is 0 Å². The number of unbranched alkanes of at least 4 members (excludes halogenated alkanes) is 45. The number of hydrogen-bond acceptors (Lipinski definition) is 15. The second-order valence-corrected chi connectivity index (χ2v) is 34.6. The number of aliphatic hydroxyl groups excluding tert-OH is 1. The maximum atomic E-state index is 13.1. The smallest absolute Gasteiger partial charge is 0.462 e. The van der Waals surface area contributed by atoms with E-state index >= 15 is 0 Å². The van der Waals surface area contributed by atoms with Crippen molar-refractivity contribution < 1.29 is 80.2 Å². The molecule has 0 aromatic rings. The summed E-state index contributed by atoms with van der Waals surface area (Å²) >= 11 is 0. The fourth-order valence-corrected chi connectivity index (χ4v) is 14.5. The summed E-state index contributed by atoms with van der Waals surface area (Å²) in [5.41, 5.74) is 0. The van der Waals surface area contributed by atoms with Crippen LogP contribution in [-0.4, -0.2) is 96.7 Å². The molecule has 0 radical (unpaired) electrons. The van der Waals surface area contributed by atoms with Crippen molar-refractivity contribution in [2.24, 2.45) is 23.7 Å². The van der Waals surface area contributed by atoms with Crippen molar-refractivity contribution in [1.29, 1.82) is 0 Å². The lowest BCUT2D eigenvalue weighted by Gasteiger charge is -2.21. The van der Waals surface area contributed by atoms with Gasteiger partial charge in [0.05, 0.1) is 26.4 Å². The van der Waals surface area contributed by atoms with Crippen LogP contribution in [0.4, 0.5) is 0 Å². The first-order valence-electron chi connectivity index (χ1n) is 43.3. The van der Waals surface area contributed by atoms with E-state index in [1.165, 1.54) is 231 Å². The Bertz CT molecular complexity index is 2010. The van der Waals surface area contributed by atoms with Gasteiger partial charge in [0, 0.05) is 25.7 Å². The predicted octanol–water partition coefficient (Wildman–Crippen LogP) is 25.2. The van der Waals surface area contributed by atoms with Crippen LogP contribution in [0.2, 0.25) is 0 Å². The van der Waals surface area contributed by atoms with Crippen molar-refractivity contribution in [3.8, 4) is 0 Å². The third-order valence-electron chi connectivity index (χ3n) is 20.3. The molecule has 0 fully saturated rings. The van der Waals surface area contributed by atoms with E-state index in [0.717, 1.165) is 120 Å². The highest BCUT2D eigenvalue weighted by Crippen LogP contribution is 2.45. The summed E-state index contributed by atoms with van der Waals surface area (Å²) in [7, 11) is -9.93. The lowest BCUT2D eigenvalue weighted by Crippen LogP contribution is -2.30. The lowest BCUT2D eigenvalue weighted by atomic mass is 9.99. The third kappa shape index (κ3) is 75.3. The van der Waals surface area contributed by atoms with Crippen LogP contribution in [0.3, 0.4) is 0 Å². The molecule has 0 bridgehead atoms. The van der Waals surface area contributed by atoms with Gasteiger partial charge in [0.25, 0.3) is 0 Å². The number of carbonyl (C=O) groups excluding carboxylic acids is 4. The summed E-state index contributed by atoms with van der Waals surface area (Å²) in [6.45, 7) is 14.3. The van der Waals surface area contributed by atoms with Gasteiger partial charge in [-0.15, -0.1) is 0 Å². The topological polar surface area (TPSA) is 237 Å². The van der Waals surface area contributed by atoms with Crippen LogP contribution in [0, 0.1) is 23.7 Å². The van der Waals surface area contributed by atoms with Gasteiger partial charge in [0.2, 0.25) is 0 Å². The van der Waals surface area contributed by atoms with E-state index in [1.54, 1.807) is 0 Å². The molecule has 103 heavy (non-hydrogen) atoms. The Labute approximate surface area is 632 Å². The molecule has 7 atom stereocenters. The summed E-state index contributed by atoms with van der Waals surface area (Å²) in [5.74, 6) is 1.07. The van der Waals surface area contributed by atoms with Gasteiger partial charge in [-0.1, -0.05) is 383 Å².